The fourth-order valence-electron chi connectivity index (χ4n) is 5.79. The second kappa shape index (κ2) is 9.07. The second-order valence-corrected chi connectivity index (χ2v) is 9.97. The third-order valence-corrected chi connectivity index (χ3v) is 7.62. The lowest BCUT2D eigenvalue weighted by Crippen LogP contribution is -1.97. The van der Waals surface area contributed by atoms with Crippen molar-refractivity contribution in [3.8, 4) is 39.5 Å². The highest BCUT2D eigenvalue weighted by Crippen LogP contribution is 2.38. The van der Waals surface area contributed by atoms with Gasteiger partial charge in [0, 0.05) is 44.9 Å². The molecule has 8 aromatic rings. The zero-order chi connectivity index (χ0) is 26.5. The number of nitrogens with one attached hydrogen (secondary N) is 1. The number of aromatic nitrogens is 4. The first-order chi connectivity index (χ1) is 19.8. The lowest BCUT2D eigenvalue weighted by molar-refractivity contribution is 1.10. The monoisotopic (exact) mass is 512 g/mol. The molecule has 0 aliphatic carbocycles. The van der Waals surface area contributed by atoms with Crippen molar-refractivity contribution in [1.29, 1.82) is 0 Å². The van der Waals surface area contributed by atoms with Crippen LogP contribution in [0.3, 0.4) is 0 Å². The van der Waals surface area contributed by atoms with E-state index in [0.717, 1.165) is 61.5 Å². The molecule has 0 aliphatic rings. The molecule has 3 heterocycles. The molecule has 0 radical (unpaired) electrons. The van der Waals surface area contributed by atoms with E-state index in [9.17, 15) is 0 Å². The third kappa shape index (κ3) is 3.54. The summed E-state index contributed by atoms with van der Waals surface area (Å²) in [4.78, 5) is 13.6. The van der Waals surface area contributed by atoms with Gasteiger partial charge < -0.3 is 4.98 Å². The molecule has 0 aliphatic heterocycles. The van der Waals surface area contributed by atoms with Crippen molar-refractivity contribution in [3.63, 3.8) is 0 Å². The first-order valence-corrected chi connectivity index (χ1v) is 13.4. The minimum absolute atomic E-state index is 0.909. The van der Waals surface area contributed by atoms with Crippen molar-refractivity contribution in [2.75, 3.05) is 0 Å². The molecule has 0 unspecified atom stereocenters. The molecule has 5 aromatic carbocycles. The predicted molar refractivity (Wildman–Crippen MR) is 165 cm³/mol. The van der Waals surface area contributed by atoms with Crippen LogP contribution in [0, 0.1) is 0 Å². The molecule has 0 spiro atoms. The summed E-state index contributed by atoms with van der Waals surface area (Å²) < 4.78 is 2.28. The molecule has 8 rings (SSSR count). The zero-order valence-corrected chi connectivity index (χ0v) is 21.6. The van der Waals surface area contributed by atoms with E-state index < -0.39 is 0 Å². The minimum Gasteiger partial charge on any atom is -0.354 e. The number of hydrogen-bond acceptors (Lipinski definition) is 2. The van der Waals surface area contributed by atoms with Gasteiger partial charge in [-0.2, -0.15) is 0 Å². The Labute approximate surface area is 231 Å². The van der Waals surface area contributed by atoms with Gasteiger partial charge in [-0.3, -0.25) is 9.55 Å². The Morgan fingerprint density at radius 3 is 2.23 bits per heavy atom. The maximum atomic E-state index is 5.39. The highest BCUT2D eigenvalue weighted by Gasteiger charge is 2.20. The molecule has 0 fully saturated rings. The Morgan fingerprint density at radius 2 is 1.32 bits per heavy atom. The van der Waals surface area contributed by atoms with Gasteiger partial charge in [-0.15, -0.1) is 0 Å². The van der Waals surface area contributed by atoms with Crippen molar-refractivity contribution in [1.82, 2.24) is 19.5 Å². The second-order valence-electron chi connectivity index (χ2n) is 9.97. The van der Waals surface area contributed by atoms with E-state index in [4.69, 9.17) is 4.98 Å². The number of pyridine rings is 1. The Kier molecular flexibility index (Phi) is 5.10. The highest BCUT2D eigenvalue weighted by molar-refractivity contribution is 6.12. The molecule has 4 nitrogen and oxygen atoms in total. The zero-order valence-electron chi connectivity index (χ0n) is 21.6. The van der Waals surface area contributed by atoms with Crippen molar-refractivity contribution < 1.29 is 0 Å². The summed E-state index contributed by atoms with van der Waals surface area (Å²) in [6, 6.07) is 46.5. The maximum absolute atomic E-state index is 5.39. The first-order valence-electron chi connectivity index (χ1n) is 13.4. The average Bonchev–Trinajstić information content (AvgIpc) is 3.61. The molecule has 0 amide bonds. The number of para-hydroxylation sites is 4. The van der Waals surface area contributed by atoms with Crippen LogP contribution in [0.25, 0.3) is 72.3 Å². The van der Waals surface area contributed by atoms with Crippen LogP contribution < -0.4 is 0 Å². The first kappa shape index (κ1) is 22.5. The Balaban J connectivity index is 1.41. The van der Waals surface area contributed by atoms with Crippen LogP contribution in [0.2, 0.25) is 0 Å². The number of benzene rings is 5. The highest BCUT2D eigenvalue weighted by atomic mass is 15.1. The summed E-state index contributed by atoms with van der Waals surface area (Å²) in [5.41, 5.74) is 10.6. The van der Waals surface area contributed by atoms with Gasteiger partial charge in [0.05, 0.1) is 22.2 Å². The van der Waals surface area contributed by atoms with E-state index in [-0.39, 0.29) is 0 Å². The number of fused-ring (bicyclic) bond motifs is 4. The molecule has 1 N–H and O–H groups in total. The molecule has 0 saturated heterocycles. The summed E-state index contributed by atoms with van der Waals surface area (Å²) >= 11 is 0. The smallest absolute Gasteiger partial charge is 0.147 e. The fraction of sp³-hybridized carbons (Fsp3) is 0. The van der Waals surface area contributed by atoms with Gasteiger partial charge in [-0.05, 0) is 54.1 Å². The third-order valence-electron chi connectivity index (χ3n) is 7.62. The summed E-state index contributed by atoms with van der Waals surface area (Å²) in [5, 5.41) is 2.41. The summed E-state index contributed by atoms with van der Waals surface area (Å²) in [7, 11) is 0. The van der Waals surface area contributed by atoms with Crippen LogP contribution in [0.15, 0.2) is 140 Å². The van der Waals surface area contributed by atoms with Crippen LogP contribution in [0.5, 0.6) is 0 Å². The Bertz CT molecular complexity index is 2150. The number of hydrogen-bond donors (Lipinski definition) is 1. The van der Waals surface area contributed by atoms with Gasteiger partial charge in [0.25, 0.3) is 0 Å². The predicted octanol–water partition coefficient (Wildman–Crippen LogP) is 9.06. The SMILES string of the molecule is c1ccc(-n2c(-c3cccc4c3[nH]c3ccccc34)nc3c(-c4cccc(-c5ccccn5)c4)cccc32)cc1. The van der Waals surface area contributed by atoms with Crippen LogP contribution >= 0.6 is 0 Å². The van der Waals surface area contributed by atoms with E-state index in [1.54, 1.807) is 0 Å². The summed E-state index contributed by atoms with van der Waals surface area (Å²) in [5.74, 6) is 0.909. The largest absolute Gasteiger partial charge is 0.354 e. The lowest BCUT2D eigenvalue weighted by Gasteiger charge is -2.11. The van der Waals surface area contributed by atoms with Gasteiger partial charge in [0.15, 0.2) is 0 Å². The maximum Gasteiger partial charge on any atom is 0.147 e. The number of rotatable bonds is 4. The lowest BCUT2D eigenvalue weighted by atomic mass is 10.0. The van der Waals surface area contributed by atoms with Crippen LogP contribution in [0.4, 0.5) is 0 Å². The number of imidazole rings is 1. The summed E-state index contributed by atoms with van der Waals surface area (Å²) in [6.07, 6.45) is 1.83. The van der Waals surface area contributed by atoms with Crippen LogP contribution in [-0.2, 0) is 0 Å². The minimum atomic E-state index is 0.909. The average molecular weight is 513 g/mol. The Morgan fingerprint density at radius 1 is 0.575 bits per heavy atom. The quantitative estimate of drug-likeness (QED) is 0.256. The molecule has 188 valence electrons. The Hall–Kier alpha value is -5.48. The molecule has 4 heteroatoms. The van der Waals surface area contributed by atoms with Gasteiger partial charge >= 0.3 is 0 Å². The molecular weight excluding hydrogens is 488 g/mol. The van der Waals surface area contributed by atoms with E-state index in [0.29, 0.717) is 0 Å². The molecule has 3 aromatic heterocycles. The van der Waals surface area contributed by atoms with E-state index in [1.807, 2.05) is 24.4 Å². The van der Waals surface area contributed by atoms with Crippen molar-refractivity contribution in [2.24, 2.45) is 0 Å². The summed E-state index contributed by atoms with van der Waals surface area (Å²) in [6.45, 7) is 0. The van der Waals surface area contributed by atoms with Gasteiger partial charge in [0.2, 0.25) is 0 Å². The van der Waals surface area contributed by atoms with E-state index in [2.05, 4.69) is 130 Å². The fourth-order valence-corrected chi connectivity index (χ4v) is 5.79. The number of nitrogens with zero attached hydrogens (tertiary/aromatic N) is 3. The molecule has 40 heavy (non-hydrogen) atoms. The molecule has 0 bridgehead atoms. The normalized spacial score (nSPS) is 11.5. The van der Waals surface area contributed by atoms with E-state index >= 15 is 0 Å². The van der Waals surface area contributed by atoms with Gasteiger partial charge in [-0.25, -0.2) is 4.98 Å². The number of H-pyrrole nitrogens is 1. The van der Waals surface area contributed by atoms with Gasteiger partial charge in [-0.1, -0.05) is 84.9 Å². The van der Waals surface area contributed by atoms with Crippen molar-refractivity contribution >= 4 is 32.8 Å². The van der Waals surface area contributed by atoms with Crippen LogP contribution in [-0.4, -0.2) is 19.5 Å². The molecule has 0 atom stereocenters. The molecule has 0 saturated carbocycles. The number of aromatic amines is 1. The standard InChI is InChI=1S/C36H24N4/c1-2-13-26(14-3-1)40-33-21-10-16-27(24-11-8-12-25(23-24)31-19-6-7-22-37-31)35(33)39-36(40)30-18-9-17-29-28-15-4-5-20-32(28)38-34(29)30/h1-23,38H. The van der Waals surface area contributed by atoms with E-state index in [1.165, 1.54) is 10.8 Å². The topological polar surface area (TPSA) is 46.5 Å². The van der Waals surface area contributed by atoms with Gasteiger partial charge in [0.1, 0.15) is 5.82 Å². The van der Waals surface area contributed by atoms with Crippen molar-refractivity contribution in [3.05, 3.63) is 140 Å². The molecular formula is C36H24N4. The van der Waals surface area contributed by atoms with Crippen LogP contribution in [0.1, 0.15) is 0 Å². The van der Waals surface area contributed by atoms with Crippen molar-refractivity contribution in [2.45, 2.75) is 0 Å².